The molecule has 1 heterocycles. The predicted octanol–water partition coefficient (Wildman–Crippen LogP) is 0.734. The number of carbonyl (C=O) groups excluding carboxylic acids is 3. The van der Waals surface area contributed by atoms with E-state index in [9.17, 15) is 14.4 Å². The first-order valence-corrected chi connectivity index (χ1v) is 5.25. The van der Waals surface area contributed by atoms with Gasteiger partial charge in [0.1, 0.15) is 18.1 Å². The lowest BCUT2D eigenvalue weighted by molar-refractivity contribution is -0.130. The number of rotatable bonds is 6. The SMILES string of the molecule is CC(=O)CC(=O)Nc1csnc1COC=O. The van der Waals surface area contributed by atoms with Crippen LogP contribution < -0.4 is 5.32 Å². The maximum absolute atomic E-state index is 11.3. The molecule has 0 saturated carbocycles. The number of hydrogen-bond acceptors (Lipinski definition) is 6. The van der Waals surface area contributed by atoms with Gasteiger partial charge in [0, 0.05) is 5.38 Å². The number of aromatic nitrogens is 1. The topological polar surface area (TPSA) is 85.4 Å². The van der Waals surface area contributed by atoms with Gasteiger partial charge in [-0.25, -0.2) is 0 Å². The van der Waals surface area contributed by atoms with Crippen molar-refractivity contribution in [2.45, 2.75) is 20.0 Å². The number of amides is 1. The number of carbonyl (C=O) groups is 3. The lowest BCUT2D eigenvalue weighted by atomic mass is 10.3. The van der Waals surface area contributed by atoms with E-state index < -0.39 is 5.91 Å². The van der Waals surface area contributed by atoms with Crippen molar-refractivity contribution in [1.82, 2.24) is 4.37 Å². The van der Waals surface area contributed by atoms with Gasteiger partial charge in [0.25, 0.3) is 6.47 Å². The number of hydrogen-bond donors (Lipinski definition) is 1. The van der Waals surface area contributed by atoms with Crippen LogP contribution in [0.25, 0.3) is 0 Å². The zero-order valence-corrected chi connectivity index (χ0v) is 9.37. The lowest BCUT2D eigenvalue weighted by Gasteiger charge is -2.03. The second kappa shape index (κ2) is 5.96. The number of ketones is 1. The highest BCUT2D eigenvalue weighted by Gasteiger charge is 2.11. The van der Waals surface area contributed by atoms with E-state index in [2.05, 4.69) is 14.4 Å². The van der Waals surface area contributed by atoms with Crippen molar-refractivity contribution in [2.24, 2.45) is 0 Å². The van der Waals surface area contributed by atoms with Crippen LogP contribution in [0.5, 0.6) is 0 Å². The summed E-state index contributed by atoms with van der Waals surface area (Å²) in [5, 5.41) is 4.14. The Balaban J connectivity index is 2.59. The Hall–Kier alpha value is -1.76. The number of anilines is 1. The van der Waals surface area contributed by atoms with Gasteiger partial charge in [-0.1, -0.05) is 0 Å². The molecule has 0 aliphatic rings. The second-order valence-corrected chi connectivity index (χ2v) is 3.64. The predicted molar refractivity (Wildman–Crippen MR) is 56.9 cm³/mol. The van der Waals surface area contributed by atoms with Crippen LogP contribution in [0.1, 0.15) is 19.0 Å². The van der Waals surface area contributed by atoms with Gasteiger partial charge in [-0.15, -0.1) is 0 Å². The highest BCUT2D eigenvalue weighted by molar-refractivity contribution is 7.04. The third-order valence-electron chi connectivity index (χ3n) is 1.62. The van der Waals surface area contributed by atoms with Gasteiger partial charge in [-0.2, -0.15) is 4.37 Å². The summed E-state index contributed by atoms with van der Waals surface area (Å²) >= 11 is 1.13. The minimum absolute atomic E-state index is 0.00266. The van der Waals surface area contributed by atoms with Crippen LogP contribution in [0.4, 0.5) is 5.69 Å². The molecule has 0 unspecified atom stereocenters. The zero-order chi connectivity index (χ0) is 12.0. The van der Waals surface area contributed by atoms with Crippen molar-refractivity contribution in [2.75, 3.05) is 5.32 Å². The molecule has 1 aromatic rings. The van der Waals surface area contributed by atoms with Gasteiger partial charge in [0.15, 0.2) is 0 Å². The molecule has 0 radical (unpaired) electrons. The van der Waals surface area contributed by atoms with E-state index >= 15 is 0 Å². The maximum Gasteiger partial charge on any atom is 0.293 e. The van der Waals surface area contributed by atoms with Gasteiger partial charge in [0.2, 0.25) is 5.91 Å². The van der Waals surface area contributed by atoms with E-state index in [1.807, 2.05) is 0 Å². The third-order valence-corrected chi connectivity index (χ3v) is 2.28. The summed E-state index contributed by atoms with van der Waals surface area (Å²) in [6.07, 6.45) is -0.177. The van der Waals surface area contributed by atoms with Crippen molar-refractivity contribution in [1.29, 1.82) is 0 Å². The Morgan fingerprint density at radius 1 is 1.62 bits per heavy atom. The maximum atomic E-state index is 11.3. The standard InChI is InChI=1S/C9H10N2O4S/c1-6(13)2-9(14)10-8-4-16-11-7(8)3-15-5-12/h4-5H,2-3H2,1H3,(H,10,14). The molecule has 86 valence electrons. The average Bonchev–Trinajstić information content (AvgIpc) is 2.61. The molecule has 16 heavy (non-hydrogen) atoms. The van der Waals surface area contributed by atoms with Crippen LogP contribution >= 0.6 is 11.5 Å². The molecule has 0 saturated heterocycles. The van der Waals surface area contributed by atoms with E-state index in [1.54, 1.807) is 5.38 Å². The largest absolute Gasteiger partial charge is 0.461 e. The molecule has 7 heteroatoms. The Labute approximate surface area is 95.8 Å². The van der Waals surface area contributed by atoms with Crippen molar-refractivity contribution >= 4 is 35.4 Å². The van der Waals surface area contributed by atoms with Crippen LogP contribution in [0.2, 0.25) is 0 Å². The highest BCUT2D eigenvalue weighted by Crippen LogP contribution is 2.17. The fourth-order valence-electron chi connectivity index (χ4n) is 0.999. The summed E-state index contributed by atoms with van der Waals surface area (Å²) in [6, 6.07) is 0. The molecule has 0 fully saturated rings. The Bertz CT molecular complexity index is 402. The molecule has 0 aliphatic carbocycles. The fraction of sp³-hybridized carbons (Fsp3) is 0.333. The number of ether oxygens (including phenoxy) is 1. The minimum Gasteiger partial charge on any atom is -0.461 e. The van der Waals surface area contributed by atoms with E-state index in [0.717, 1.165) is 11.5 Å². The quantitative estimate of drug-likeness (QED) is 0.587. The summed E-state index contributed by atoms with van der Waals surface area (Å²) in [6.45, 7) is 1.64. The normalized spacial score (nSPS) is 9.56. The molecule has 1 N–H and O–H groups in total. The molecule has 1 amide bonds. The van der Waals surface area contributed by atoms with Gasteiger partial charge >= 0.3 is 0 Å². The molecule has 0 atom stereocenters. The lowest BCUT2D eigenvalue weighted by Crippen LogP contribution is -2.15. The van der Waals surface area contributed by atoms with Crippen molar-refractivity contribution < 1.29 is 19.1 Å². The first-order chi connectivity index (χ1) is 7.63. The monoisotopic (exact) mass is 242 g/mol. The number of nitrogens with one attached hydrogen (secondary N) is 1. The molecule has 1 aromatic heterocycles. The first kappa shape index (κ1) is 12.3. The van der Waals surface area contributed by atoms with E-state index in [4.69, 9.17) is 0 Å². The summed E-state index contributed by atoms with van der Waals surface area (Å²) < 4.78 is 8.47. The first-order valence-electron chi connectivity index (χ1n) is 4.41. The third kappa shape index (κ3) is 3.77. The Kier molecular flexibility index (Phi) is 4.59. The summed E-state index contributed by atoms with van der Waals surface area (Å²) in [5.41, 5.74) is 0.937. The Morgan fingerprint density at radius 2 is 2.38 bits per heavy atom. The van der Waals surface area contributed by atoms with Gasteiger partial charge in [0.05, 0.1) is 12.1 Å². The zero-order valence-electron chi connectivity index (χ0n) is 8.56. The number of Topliss-reactive ketones (excluding diaryl/α,β-unsaturated/α-hetero) is 1. The summed E-state index contributed by atoms with van der Waals surface area (Å²) in [4.78, 5) is 32.0. The van der Waals surface area contributed by atoms with Gasteiger partial charge in [-0.3, -0.25) is 14.4 Å². The number of nitrogens with zero attached hydrogens (tertiary/aromatic N) is 1. The second-order valence-electron chi connectivity index (χ2n) is 3.01. The molecule has 1 rings (SSSR count). The molecular formula is C9H10N2O4S. The Morgan fingerprint density at radius 3 is 3.00 bits per heavy atom. The van der Waals surface area contributed by atoms with Crippen LogP contribution in [0, 0.1) is 0 Å². The van der Waals surface area contributed by atoms with Crippen LogP contribution in [0.15, 0.2) is 5.38 Å². The van der Waals surface area contributed by atoms with Crippen LogP contribution in [-0.2, 0) is 25.7 Å². The molecule has 6 nitrogen and oxygen atoms in total. The van der Waals surface area contributed by atoms with E-state index in [-0.39, 0.29) is 18.8 Å². The molecular weight excluding hydrogens is 232 g/mol. The summed E-state index contributed by atoms with van der Waals surface area (Å²) in [7, 11) is 0. The minimum atomic E-state index is -0.403. The molecule has 0 aromatic carbocycles. The molecule has 0 aliphatic heterocycles. The van der Waals surface area contributed by atoms with Crippen LogP contribution in [-0.4, -0.2) is 22.5 Å². The molecule has 0 spiro atoms. The summed E-state index contributed by atoms with van der Waals surface area (Å²) in [5.74, 6) is -0.619. The van der Waals surface area contributed by atoms with E-state index in [0.29, 0.717) is 17.9 Å². The highest BCUT2D eigenvalue weighted by atomic mass is 32.1. The smallest absolute Gasteiger partial charge is 0.293 e. The van der Waals surface area contributed by atoms with Crippen molar-refractivity contribution in [3.63, 3.8) is 0 Å². The fourth-order valence-corrected chi connectivity index (χ4v) is 1.63. The average molecular weight is 242 g/mol. The van der Waals surface area contributed by atoms with Crippen LogP contribution in [0.3, 0.4) is 0 Å². The van der Waals surface area contributed by atoms with E-state index in [1.165, 1.54) is 6.92 Å². The van der Waals surface area contributed by atoms with Gasteiger partial charge in [-0.05, 0) is 18.5 Å². The molecule has 0 bridgehead atoms. The van der Waals surface area contributed by atoms with Crippen molar-refractivity contribution in [3.8, 4) is 0 Å². The van der Waals surface area contributed by atoms with Gasteiger partial charge < -0.3 is 10.1 Å². The van der Waals surface area contributed by atoms with Crippen molar-refractivity contribution in [3.05, 3.63) is 11.1 Å².